The number of para-hydroxylation sites is 1. The number of nitrogens with one attached hydrogen (secondary N) is 1. The van der Waals surface area contributed by atoms with Crippen molar-refractivity contribution in [3.63, 3.8) is 0 Å². The second-order valence-corrected chi connectivity index (χ2v) is 5.47. The van der Waals surface area contributed by atoms with E-state index in [4.69, 9.17) is 10.5 Å². The molecule has 24 heavy (non-hydrogen) atoms. The summed E-state index contributed by atoms with van der Waals surface area (Å²) in [5, 5.41) is 4.80. The van der Waals surface area contributed by atoms with Gasteiger partial charge in [-0.05, 0) is 6.07 Å². The number of thiazole rings is 1. The van der Waals surface area contributed by atoms with E-state index < -0.39 is 18.7 Å². The Morgan fingerprint density at radius 1 is 1.33 bits per heavy atom. The SMILES string of the molecule is Cl.NCc1nc(C(=O)NCc2ccccc2OCC(F)(F)F)cs1. The molecule has 0 aliphatic carbocycles. The predicted molar refractivity (Wildman–Crippen MR) is 86.4 cm³/mol. The van der Waals surface area contributed by atoms with Crippen LogP contribution in [-0.4, -0.2) is 23.7 Å². The van der Waals surface area contributed by atoms with Crippen LogP contribution in [0.3, 0.4) is 0 Å². The molecule has 2 aromatic rings. The van der Waals surface area contributed by atoms with E-state index in [-0.39, 0.29) is 36.9 Å². The molecule has 0 saturated carbocycles. The van der Waals surface area contributed by atoms with Crippen LogP contribution in [0.4, 0.5) is 13.2 Å². The second kappa shape index (κ2) is 8.86. The Labute approximate surface area is 146 Å². The lowest BCUT2D eigenvalue weighted by Crippen LogP contribution is -2.24. The molecule has 132 valence electrons. The number of ether oxygens (including phenoxy) is 1. The molecule has 3 N–H and O–H groups in total. The van der Waals surface area contributed by atoms with Gasteiger partial charge in [0, 0.05) is 24.0 Å². The van der Waals surface area contributed by atoms with E-state index in [1.165, 1.54) is 17.4 Å². The Bertz CT molecular complexity index is 679. The number of carbonyl (C=O) groups is 1. The van der Waals surface area contributed by atoms with Gasteiger partial charge in [0.2, 0.25) is 0 Å². The summed E-state index contributed by atoms with van der Waals surface area (Å²) in [6.07, 6.45) is -4.42. The van der Waals surface area contributed by atoms with Crippen LogP contribution in [0, 0.1) is 0 Å². The third kappa shape index (κ3) is 5.99. The molecule has 0 bridgehead atoms. The number of rotatable bonds is 6. The van der Waals surface area contributed by atoms with Crippen molar-refractivity contribution in [1.29, 1.82) is 0 Å². The standard InChI is InChI=1S/C14H14F3N3O2S.ClH/c15-14(16,17)8-22-11-4-2-1-3-9(11)6-19-13(21)10-7-23-12(5-18)20-10;/h1-4,7H,5-6,8,18H2,(H,19,21);1H. The van der Waals surface area contributed by atoms with E-state index in [9.17, 15) is 18.0 Å². The topological polar surface area (TPSA) is 77.2 Å². The molecule has 0 fully saturated rings. The van der Waals surface area contributed by atoms with E-state index in [2.05, 4.69) is 10.3 Å². The smallest absolute Gasteiger partial charge is 0.422 e. The average molecular weight is 382 g/mol. The van der Waals surface area contributed by atoms with Crippen molar-refractivity contribution >= 4 is 29.7 Å². The fraction of sp³-hybridized carbons (Fsp3) is 0.286. The highest BCUT2D eigenvalue weighted by Gasteiger charge is 2.28. The van der Waals surface area contributed by atoms with Gasteiger partial charge in [-0.25, -0.2) is 4.98 Å². The number of hydrogen-bond donors (Lipinski definition) is 2. The van der Waals surface area contributed by atoms with E-state index in [0.717, 1.165) is 0 Å². The first-order valence-electron chi connectivity index (χ1n) is 6.59. The minimum atomic E-state index is -4.42. The van der Waals surface area contributed by atoms with Crippen molar-refractivity contribution < 1.29 is 22.7 Å². The zero-order chi connectivity index (χ0) is 16.9. The molecule has 0 unspecified atom stereocenters. The third-order valence-electron chi connectivity index (χ3n) is 2.76. The Balaban J connectivity index is 0.00000288. The number of alkyl halides is 3. The third-order valence-corrected chi connectivity index (χ3v) is 3.63. The van der Waals surface area contributed by atoms with Gasteiger partial charge in [0.1, 0.15) is 16.5 Å². The molecule has 0 aliphatic rings. The minimum Gasteiger partial charge on any atom is -0.484 e. The highest BCUT2D eigenvalue weighted by molar-refractivity contribution is 7.09. The van der Waals surface area contributed by atoms with Crippen LogP contribution >= 0.6 is 23.7 Å². The summed E-state index contributed by atoms with van der Waals surface area (Å²) in [5.41, 5.74) is 6.09. The molecule has 1 amide bonds. The summed E-state index contributed by atoms with van der Waals surface area (Å²) in [4.78, 5) is 16.0. The van der Waals surface area contributed by atoms with E-state index in [0.29, 0.717) is 10.6 Å². The van der Waals surface area contributed by atoms with Crippen molar-refractivity contribution in [1.82, 2.24) is 10.3 Å². The van der Waals surface area contributed by atoms with Crippen molar-refractivity contribution in [3.05, 3.63) is 45.9 Å². The number of nitrogens with two attached hydrogens (primary N) is 1. The van der Waals surface area contributed by atoms with Gasteiger partial charge in [0.15, 0.2) is 6.61 Å². The zero-order valence-corrected chi connectivity index (χ0v) is 13.9. The molecule has 1 aromatic heterocycles. The number of hydrogen-bond acceptors (Lipinski definition) is 5. The molecule has 0 atom stereocenters. The Kier molecular flexibility index (Phi) is 7.46. The van der Waals surface area contributed by atoms with Crippen molar-refractivity contribution in [2.75, 3.05) is 6.61 Å². The van der Waals surface area contributed by atoms with Crippen molar-refractivity contribution in [3.8, 4) is 5.75 Å². The molecule has 5 nitrogen and oxygen atoms in total. The molecular formula is C14H15ClF3N3O2S. The van der Waals surface area contributed by atoms with Gasteiger partial charge < -0.3 is 15.8 Å². The van der Waals surface area contributed by atoms with Gasteiger partial charge >= 0.3 is 6.18 Å². The quantitative estimate of drug-likeness (QED) is 0.806. The predicted octanol–water partition coefficient (Wildman–Crippen LogP) is 2.89. The number of halogens is 4. The van der Waals surface area contributed by atoms with E-state index >= 15 is 0 Å². The first-order valence-corrected chi connectivity index (χ1v) is 7.47. The fourth-order valence-electron chi connectivity index (χ4n) is 1.73. The molecule has 0 spiro atoms. The number of carbonyl (C=O) groups excluding carboxylic acids is 1. The van der Waals surface area contributed by atoms with Crippen LogP contribution in [0.1, 0.15) is 21.1 Å². The summed E-state index contributed by atoms with van der Waals surface area (Å²) < 4.78 is 41.5. The highest BCUT2D eigenvalue weighted by Crippen LogP contribution is 2.22. The summed E-state index contributed by atoms with van der Waals surface area (Å²) >= 11 is 1.27. The van der Waals surface area contributed by atoms with Crippen LogP contribution in [0.15, 0.2) is 29.6 Å². The monoisotopic (exact) mass is 381 g/mol. The van der Waals surface area contributed by atoms with Gasteiger partial charge in [-0.1, -0.05) is 18.2 Å². The lowest BCUT2D eigenvalue weighted by molar-refractivity contribution is -0.153. The van der Waals surface area contributed by atoms with Crippen LogP contribution in [0.2, 0.25) is 0 Å². The molecule has 1 aromatic carbocycles. The average Bonchev–Trinajstić information content (AvgIpc) is 2.99. The molecule has 0 radical (unpaired) electrons. The van der Waals surface area contributed by atoms with Gasteiger partial charge in [-0.15, -0.1) is 23.7 Å². The van der Waals surface area contributed by atoms with Crippen LogP contribution < -0.4 is 15.8 Å². The number of amides is 1. The van der Waals surface area contributed by atoms with E-state index in [1.807, 2.05) is 0 Å². The Morgan fingerprint density at radius 2 is 2.04 bits per heavy atom. The fourth-order valence-corrected chi connectivity index (χ4v) is 2.38. The summed E-state index contributed by atoms with van der Waals surface area (Å²) in [5.74, 6) is -0.349. The Morgan fingerprint density at radius 3 is 2.67 bits per heavy atom. The maximum atomic E-state index is 12.2. The lowest BCUT2D eigenvalue weighted by atomic mass is 10.2. The maximum absolute atomic E-state index is 12.2. The summed E-state index contributed by atoms with van der Waals surface area (Å²) in [6, 6.07) is 6.21. The molecule has 0 saturated heterocycles. The van der Waals surface area contributed by atoms with Gasteiger partial charge in [0.25, 0.3) is 5.91 Å². The van der Waals surface area contributed by atoms with Gasteiger partial charge in [-0.2, -0.15) is 13.2 Å². The van der Waals surface area contributed by atoms with Gasteiger partial charge in [0.05, 0.1) is 0 Å². The molecule has 2 rings (SSSR count). The van der Waals surface area contributed by atoms with Crippen LogP contribution in [0.25, 0.3) is 0 Å². The Hall–Kier alpha value is -1.84. The van der Waals surface area contributed by atoms with Crippen LogP contribution in [-0.2, 0) is 13.1 Å². The first-order chi connectivity index (χ1) is 10.9. The first kappa shape index (κ1) is 20.2. The zero-order valence-electron chi connectivity index (χ0n) is 12.3. The largest absolute Gasteiger partial charge is 0.484 e. The molecule has 0 aliphatic heterocycles. The van der Waals surface area contributed by atoms with Crippen molar-refractivity contribution in [2.45, 2.75) is 19.3 Å². The maximum Gasteiger partial charge on any atom is 0.422 e. The second-order valence-electron chi connectivity index (χ2n) is 4.52. The normalized spacial score (nSPS) is 10.8. The lowest BCUT2D eigenvalue weighted by Gasteiger charge is -2.13. The number of aromatic nitrogens is 1. The van der Waals surface area contributed by atoms with E-state index in [1.54, 1.807) is 23.6 Å². The number of benzene rings is 1. The van der Waals surface area contributed by atoms with Crippen LogP contribution in [0.5, 0.6) is 5.75 Å². The van der Waals surface area contributed by atoms with Gasteiger partial charge in [-0.3, -0.25) is 4.79 Å². The summed E-state index contributed by atoms with van der Waals surface area (Å²) in [6.45, 7) is -1.11. The minimum absolute atomic E-state index is 0. The summed E-state index contributed by atoms with van der Waals surface area (Å²) in [7, 11) is 0. The molecule has 10 heteroatoms. The highest BCUT2D eigenvalue weighted by atomic mass is 35.5. The van der Waals surface area contributed by atoms with Crippen molar-refractivity contribution in [2.24, 2.45) is 5.73 Å². The molecular weight excluding hydrogens is 367 g/mol. The number of nitrogens with zero attached hydrogens (tertiary/aromatic N) is 1. The molecule has 1 heterocycles.